The molecule has 0 bridgehead atoms. The van der Waals surface area contributed by atoms with Crippen LogP contribution in [0.3, 0.4) is 0 Å². The van der Waals surface area contributed by atoms with Gasteiger partial charge in [0.25, 0.3) is 11.6 Å². The molecule has 0 aliphatic carbocycles. The van der Waals surface area contributed by atoms with E-state index >= 15 is 0 Å². The quantitative estimate of drug-likeness (QED) is 0.461. The summed E-state index contributed by atoms with van der Waals surface area (Å²) in [7, 11) is 0. The second-order valence-electron chi connectivity index (χ2n) is 6.43. The lowest BCUT2D eigenvalue weighted by atomic mass is 10.0. The first-order valence-corrected chi connectivity index (χ1v) is 8.90. The molecule has 7 nitrogen and oxygen atoms in total. The van der Waals surface area contributed by atoms with Crippen LogP contribution < -0.4 is 5.32 Å². The first-order chi connectivity index (χ1) is 13.9. The summed E-state index contributed by atoms with van der Waals surface area (Å²) in [6, 6.07) is 19.8. The molecule has 0 heterocycles. The normalized spacial score (nSPS) is 10.3. The zero-order valence-corrected chi connectivity index (χ0v) is 15.4. The number of nitrogens with one attached hydrogen (secondary N) is 1. The Hall–Kier alpha value is -4.00. The lowest BCUT2D eigenvalue weighted by Crippen LogP contribution is -2.15. The average Bonchev–Trinajstić information content (AvgIpc) is 2.73. The molecule has 0 fully saturated rings. The number of non-ortho nitro benzene ring substituents is 1. The molecular formula is C22H18N2O5. The third-order valence-corrected chi connectivity index (χ3v) is 4.45. The Bertz CT molecular complexity index is 1050. The van der Waals surface area contributed by atoms with Crippen LogP contribution in [0.15, 0.2) is 72.8 Å². The number of carboxylic acids is 1. The van der Waals surface area contributed by atoms with Crippen LogP contribution in [0.5, 0.6) is 0 Å². The van der Waals surface area contributed by atoms with Crippen molar-refractivity contribution in [1.82, 2.24) is 0 Å². The first kappa shape index (κ1) is 19.8. The summed E-state index contributed by atoms with van der Waals surface area (Å²) in [4.78, 5) is 34.2. The molecular weight excluding hydrogens is 372 g/mol. The summed E-state index contributed by atoms with van der Waals surface area (Å²) in [6.07, 6.45) is 1.47. The molecule has 7 heteroatoms. The Morgan fingerprint density at radius 1 is 0.897 bits per heavy atom. The maximum Gasteiger partial charge on any atom is 0.337 e. The van der Waals surface area contributed by atoms with Gasteiger partial charge < -0.3 is 10.4 Å². The predicted molar refractivity (Wildman–Crippen MR) is 108 cm³/mol. The minimum absolute atomic E-state index is 0.0243. The number of amides is 1. The highest BCUT2D eigenvalue weighted by Gasteiger charge is 2.15. The standard InChI is InChI=1S/C22H18N2O5/c25-21(17-9-11-18(12-10-17)24(28)29)23-20-14-16(8-13-19(20)22(26)27)7-6-15-4-2-1-3-5-15/h1-5,8-14H,6-7H2,(H,23,25)(H,26,27). The van der Waals surface area contributed by atoms with E-state index in [4.69, 9.17) is 0 Å². The molecule has 0 unspecified atom stereocenters. The molecule has 146 valence electrons. The number of carbonyl (C=O) groups is 2. The highest BCUT2D eigenvalue weighted by molar-refractivity contribution is 6.07. The van der Waals surface area contributed by atoms with E-state index < -0.39 is 16.8 Å². The number of aryl methyl sites for hydroxylation is 2. The number of aromatic carboxylic acids is 1. The largest absolute Gasteiger partial charge is 0.478 e. The van der Waals surface area contributed by atoms with Gasteiger partial charge in [-0.1, -0.05) is 36.4 Å². The van der Waals surface area contributed by atoms with E-state index in [1.165, 1.54) is 30.3 Å². The van der Waals surface area contributed by atoms with Crippen LogP contribution in [0.4, 0.5) is 11.4 Å². The van der Waals surface area contributed by atoms with Crippen LogP contribution in [0.1, 0.15) is 31.8 Å². The van der Waals surface area contributed by atoms with Gasteiger partial charge in [0.1, 0.15) is 0 Å². The molecule has 2 N–H and O–H groups in total. The summed E-state index contributed by atoms with van der Waals surface area (Å²) in [6.45, 7) is 0. The molecule has 0 spiro atoms. The number of rotatable bonds is 7. The van der Waals surface area contributed by atoms with Gasteiger partial charge in [-0.05, 0) is 48.2 Å². The fourth-order valence-corrected chi connectivity index (χ4v) is 2.90. The predicted octanol–water partition coefficient (Wildman–Crippen LogP) is 4.33. The maximum atomic E-state index is 12.5. The van der Waals surface area contributed by atoms with Crippen molar-refractivity contribution in [2.75, 3.05) is 5.32 Å². The Morgan fingerprint density at radius 2 is 1.55 bits per heavy atom. The van der Waals surface area contributed by atoms with Crippen LogP contribution in [0.2, 0.25) is 0 Å². The number of nitrogens with zero attached hydrogens (tertiary/aromatic N) is 1. The minimum Gasteiger partial charge on any atom is -0.478 e. The van der Waals surface area contributed by atoms with Gasteiger partial charge in [0, 0.05) is 17.7 Å². The van der Waals surface area contributed by atoms with Gasteiger partial charge in [-0.15, -0.1) is 0 Å². The number of nitro groups is 1. The molecule has 0 radical (unpaired) electrons. The minimum atomic E-state index is -1.15. The third-order valence-electron chi connectivity index (χ3n) is 4.45. The van der Waals surface area contributed by atoms with E-state index in [1.54, 1.807) is 12.1 Å². The molecule has 0 aliphatic heterocycles. The Kier molecular flexibility index (Phi) is 5.99. The highest BCUT2D eigenvalue weighted by Crippen LogP contribution is 2.21. The van der Waals surface area contributed by atoms with Crippen molar-refractivity contribution in [1.29, 1.82) is 0 Å². The van der Waals surface area contributed by atoms with Gasteiger partial charge in [-0.3, -0.25) is 14.9 Å². The van der Waals surface area contributed by atoms with Crippen LogP contribution in [0.25, 0.3) is 0 Å². The summed E-state index contributed by atoms with van der Waals surface area (Å²) < 4.78 is 0. The Labute approximate surface area is 166 Å². The Morgan fingerprint density at radius 3 is 2.17 bits per heavy atom. The van der Waals surface area contributed by atoms with Gasteiger partial charge in [0.15, 0.2) is 0 Å². The number of carbonyl (C=O) groups excluding carboxylic acids is 1. The fraction of sp³-hybridized carbons (Fsp3) is 0.0909. The van der Waals surface area contributed by atoms with Crippen LogP contribution in [0, 0.1) is 10.1 Å². The van der Waals surface area contributed by atoms with Gasteiger partial charge in [0.05, 0.1) is 16.2 Å². The van der Waals surface area contributed by atoms with Crippen molar-refractivity contribution in [2.24, 2.45) is 0 Å². The molecule has 0 aliphatic rings. The smallest absolute Gasteiger partial charge is 0.337 e. The molecule has 0 atom stereocenters. The second-order valence-corrected chi connectivity index (χ2v) is 6.43. The summed E-state index contributed by atoms with van der Waals surface area (Å²) in [5.41, 5.74) is 2.27. The molecule has 1 amide bonds. The Balaban J connectivity index is 1.79. The number of nitro benzene ring substituents is 1. The molecule has 29 heavy (non-hydrogen) atoms. The highest BCUT2D eigenvalue weighted by atomic mass is 16.6. The molecule has 3 rings (SSSR count). The van der Waals surface area contributed by atoms with Crippen LogP contribution >= 0.6 is 0 Å². The lowest BCUT2D eigenvalue weighted by Gasteiger charge is -2.11. The monoisotopic (exact) mass is 390 g/mol. The zero-order chi connectivity index (χ0) is 20.8. The second kappa shape index (κ2) is 8.79. The number of benzene rings is 3. The summed E-state index contributed by atoms with van der Waals surface area (Å²) >= 11 is 0. The zero-order valence-electron chi connectivity index (χ0n) is 15.4. The van der Waals surface area contributed by atoms with Gasteiger partial charge in [-0.2, -0.15) is 0 Å². The molecule has 0 saturated heterocycles. The summed E-state index contributed by atoms with van der Waals surface area (Å²) in [5.74, 6) is -1.69. The van der Waals surface area contributed by atoms with Gasteiger partial charge >= 0.3 is 5.97 Å². The summed E-state index contributed by atoms with van der Waals surface area (Å²) in [5, 5.41) is 22.8. The SMILES string of the molecule is O=C(Nc1cc(CCc2ccccc2)ccc1C(=O)O)c1ccc([N+](=O)[O-])cc1. The third kappa shape index (κ3) is 5.04. The molecule has 3 aromatic rings. The average molecular weight is 390 g/mol. The number of hydrogen-bond donors (Lipinski definition) is 2. The van der Waals surface area contributed by atoms with Crippen molar-refractivity contribution in [3.8, 4) is 0 Å². The van der Waals surface area contributed by atoms with E-state index in [1.807, 2.05) is 30.3 Å². The van der Waals surface area contributed by atoms with E-state index in [9.17, 15) is 24.8 Å². The van der Waals surface area contributed by atoms with E-state index in [0.717, 1.165) is 17.5 Å². The van der Waals surface area contributed by atoms with E-state index in [2.05, 4.69) is 5.32 Å². The van der Waals surface area contributed by atoms with Crippen LogP contribution in [-0.2, 0) is 12.8 Å². The first-order valence-electron chi connectivity index (χ1n) is 8.90. The van der Waals surface area contributed by atoms with Gasteiger partial charge in [0.2, 0.25) is 0 Å². The van der Waals surface area contributed by atoms with Crippen molar-refractivity contribution >= 4 is 23.3 Å². The van der Waals surface area contributed by atoms with Crippen molar-refractivity contribution in [3.63, 3.8) is 0 Å². The number of carboxylic acid groups (broad SMARTS) is 1. The maximum absolute atomic E-state index is 12.5. The molecule has 0 saturated carbocycles. The topological polar surface area (TPSA) is 110 Å². The lowest BCUT2D eigenvalue weighted by molar-refractivity contribution is -0.384. The van der Waals surface area contributed by atoms with Gasteiger partial charge in [-0.25, -0.2) is 4.79 Å². The number of hydrogen-bond acceptors (Lipinski definition) is 4. The van der Waals surface area contributed by atoms with E-state index in [0.29, 0.717) is 6.42 Å². The molecule has 0 aromatic heterocycles. The van der Waals surface area contributed by atoms with Crippen LogP contribution in [-0.4, -0.2) is 21.9 Å². The van der Waals surface area contributed by atoms with Crippen molar-refractivity contribution in [2.45, 2.75) is 12.8 Å². The molecule has 3 aromatic carbocycles. The van der Waals surface area contributed by atoms with Crippen molar-refractivity contribution in [3.05, 3.63) is 105 Å². The van der Waals surface area contributed by atoms with Crippen molar-refractivity contribution < 1.29 is 19.6 Å². The fourth-order valence-electron chi connectivity index (χ4n) is 2.90. The van der Waals surface area contributed by atoms with E-state index in [-0.39, 0.29) is 22.5 Å². The number of anilines is 1.